The Morgan fingerprint density at radius 2 is 2.41 bits per heavy atom. The Labute approximate surface area is 105 Å². The first kappa shape index (κ1) is 10.7. The Kier molecular flexibility index (Phi) is 2.56. The second kappa shape index (κ2) is 4.08. The Morgan fingerprint density at radius 3 is 3.12 bits per heavy atom. The number of fused-ring (bicyclic) bond motifs is 1. The van der Waals surface area contributed by atoms with Gasteiger partial charge in [0.1, 0.15) is 10.1 Å². The molecule has 1 unspecified atom stereocenters. The maximum absolute atomic E-state index is 10.8. The van der Waals surface area contributed by atoms with Crippen molar-refractivity contribution in [1.29, 1.82) is 0 Å². The summed E-state index contributed by atoms with van der Waals surface area (Å²) in [5.41, 5.74) is 0.877. The molecule has 17 heavy (non-hydrogen) atoms. The van der Waals surface area contributed by atoms with Crippen molar-refractivity contribution in [3.8, 4) is 0 Å². The summed E-state index contributed by atoms with van der Waals surface area (Å²) in [5, 5.41) is 10.4. The number of aliphatic imine (C=N–C) groups is 1. The topological polar surface area (TPSA) is 75.4 Å². The average Bonchev–Trinajstić information content (AvgIpc) is 2.95. The van der Waals surface area contributed by atoms with Crippen LogP contribution < -0.4 is 0 Å². The van der Waals surface area contributed by atoms with Gasteiger partial charge >= 0.3 is 5.97 Å². The monoisotopic (exact) mass is 265 g/mol. The van der Waals surface area contributed by atoms with Crippen molar-refractivity contribution in [2.75, 3.05) is 5.75 Å². The summed E-state index contributed by atoms with van der Waals surface area (Å²) < 4.78 is 0.990. The summed E-state index contributed by atoms with van der Waals surface area (Å²) in [4.78, 5) is 23.4. The van der Waals surface area contributed by atoms with Gasteiger partial charge in [-0.15, -0.1) is 23.1 Å². The molecule has 0 radical (unpaired) electrons. The Bertz CT molecular complexity index is 590. The second-order valence-electron chi connectivity index (χ2n) is 3.46. The summed E-state index contributed by atoms with van der Waals surface area (Å²) in [5.74, 6) is -0.394. The molecule has 3 heterocycles. The molecule has 5 nitrogen and oxygen atoms in total. The summed E-state index contributed by atoms with van der Waals surface area (Å²) in [6.07, 6.45) is 3.45. The Morgan fingerprint density at radius 1 is 1.53 bits per heavy atom. The molecule has 0 aromatic carbocycles. The van der Waals surface area contributed by atoms with E-state index >= 15 is 0 Å². The van der Waals surface area contributed by atoms with Crippen molar-refractivity contribution in [3.05, 3.63) is 23.5 Å². The minimum atomic E-state index is -0.879. The van der Waals surface area contributed by atoms with Crippen LogP contribution in [0.3, 0.4) is 0 Å². The highest BCUT2D eigenvalue weighted by Crippen LogP contribution is 2.29. The number of carboxylic acids is 1. The lowest BCUT2D eigenvalue weighted by atomic mass is 10.4. The van der Waals surface area contributed by atoms with E-state index in [1.54, 1.807) is 12.4 Å². The normalized spacial score (nSPS) is 19.5. The number of hydrogen-bond acceptors (Lipinski definition) is 6. The quantitative estimate of drug-likeness (QED) is 0.893. The lowest BCUT2D eigenvalue weighted by molar-refractivity contribution is -0.137. The van der Waals surface area contributed by atoms with Crippen LogP contribution in [0.2, 0.25) is 0 Å². The zero-order chi connectivity index (χ0) is 11.8. The Balaban J connectivity index is 1.99. The van der Waals surface area contributed by atoms with E-state index in [9.17, 15) is 4.79 Å². The van der Waals surface area contributed by atoms with Crippen LogP contribution >= 0.6 is 23.1 Å². The SMILES string of the molecule is O=C(O)C1CSC(c2nc3ccncc3s2)=N1. The van der Waals surface area contributed by atoms with Gasteiger partial charge in [-0.1, -0.05) is 0 Å². The zero-order valence-electron chi connectivity index (χ0n) is 8.53. The van der Waals surface area contributed by atoms with Crippen molar-refractivity contribution >= 4 is 44.3 Å². The van der Waals surface area contributed by atoms with Crippen LogP contribution in [0.4, 0.5) is 0 Å². The molecule has 86 valence electrons. The summed E-state index contributed by atoms with van der Waals surface area (Å²) in [7, 11) is 0. The van der Waals surface area contributed by atoms with Gasteiger partial charge in [-0.2, -0.15) is 0 Å². The minimum Gasteiger partial charge on any atom is -0.480 e. The van der Waals surface area contributed by atoms with Gasteiger partial charge in [-0.05, 0) is 6.07 Å². The highest BCUT2D eigenvalue weighted by molar-refractivity contribution is 8.15. The van der Waals surface area contributed by atoms with E-state index in [4.69, 9.17) is 5.11 Å². The number of carbonyl (C=O) groups is 1. The maximum Gasteiger partial charge on any atom is 0.329 e. The predicted octanol–water partition coefficient (Wildman–Crippen LogP) is 1.64. The molecule has 1 aliphatic rings. The molecule has 0 amide bonds. The molecule has 1 atom stereocenters. The van der Waals surface area contributed by atoms with Crippen LogP contribution in [-0.4, -0.2) is 37.9 Å². The molecule has 3 rings (SSSR count). The summed E-state index contributed by atoms with van der Waals surface area (Å²) in [6, 6.07) is 1.20. The van der Waals surface area contributed by atoms with Gasteiger partial charge < -0.3 is 5.11 Å². The number of pyridine rings is 1. The van der Waals surface area contributed by atoms with Gasteiger partial charge in [0.05, 0.1) is 10.2 Å². The van der Waals surface area contributed by atoms with Crippen molar-refractivity contribution in [3.63, 3.8) is 0 Å². The first-order chi connectivity index (χ1) is 8.24. The van der Waals surface area contributed by atoms with Crippen LogP contribution in [0.1, 0.15) is 5.01 Å². The van der Waals surface area contributed by atoms with Gasteiger partial charge in [0.15, 0.2) is 6.04 Å². The molecule has 7 heteroatoms. The van der Waals surface area contributed by atoms with E-state index in [-0.39, 0.29) is 0 Å². The highest BCUT2D eigenvalue weighted by Gasteiger charge is 2.26. The van der Waals surface area contributed by atoms with E-state index in [0.29, 0.717) is 5.75 Å². The minimum absolute atomic E-state index is 0.485. The number of carboxylic acid groups (broad SMARTS) is 1. The van der Waals surface area contributed by atoms with E-state index in [1.807, 2.05) is 6.07 Å². The summed E-state index contributed by atoms with van der Waals surface area (Å²) in [6.45, 7) is 0. The predicted molar refractivity (Wildman–Crippen MR) is 67.8 cm³/mol. The first-order valence-corrected chi connectivity index (χ1v) is 6.68. The van der Waals surface area contributed by atoms with Gasteiger partial charge in [0.25, 0.3) is 0 Å². The third-order valence-electron chi connectivity index (χ3n) is 2.31. The number of thiazole rings is 1. The standard InChI is InChI=1S/C10H7N3O2S2/c14-10(15)6-4-16-8(13-6)9-12-5-1-2-11-3-7(5)17-9/h1-3,6H,4H2,(H,14,15). The fraction of sp³-hybridized carbons (Fsp3) is 0.200. The molecule has 1 N–H and O–H groups in total. The fourth-order valence-electron chi connectivity index (χ4n) is 1.49. The molecule has 0 bridgehead atoms. The maximum atomic E-state index is 10.8. The number of aliphatic carboxylic acids is 1. The molecule has 0 saturated heterocycles. The molecule has 2 aromatic heterocycles. The van der Waals surface area contributed by atoms with Gasteiger partial charge in [0, 0.05) is 18.1 Å². The largest absolute Gasteiger partial charge is 0.480 e. The molecular weight excluding hydrogens is 258 g/mol. The smallest absolute Gasteiger partial charge is 0.329 e. The van der Waals surface area contributed by atoms with Gasteiger partial charge in [-0.3, -0.25) is 9.98 Å². The third-order valence-corrected chi connectivity index (χ3v) is 4.51. The van der Waals surface area contributed by atoms with Crippen molar-refractivity contribution in [2.24, 2.45) is 4.99 Å². The van der Waals surface area contributed by atoms with E-state index in [2.05, 4.69) is 15.0 Å². The number of thioether (sulfide) groups is 1. The molecule has 0 aliphatic carbocycles. The van der Waals surface area contributed by atoms with Crippen molar-refractivity contribution in [1.82, 2.24) is 9.97 Å². The molecule has 1 aliphatic heterocycles. The van der Waals surface area contributed by atoms with Crippen molar-refractivity contribution in [2.45, 2.75) is 6.04 Å². The molecule has 0 saturated carbocycles. The molecule has 0 fully saturated rings. The van der Waals surface area contributed by atoms with E-state index in [1.165, 1.54) is 23.1 Å². The first-order valence-electron chi connectivity index (χ1n) is 4.88. The number of hydrogen-bond donors (Lipinski definition) is 1. The third kappa shape index (κ3) is 1.91. The van der Waals surface area contributed by atoms with Crippen LogP contribution in [0.25, 0.3) is 10.2 Å². The lowest BCUT2D eigenvalue weighted by Crippen LogP contribution is -2.17. The zero-order valence-corrected chi connectivity index (χ0v) is 10.2. The van der Waals surface area contributed by atoms with Gasteiger partial charge in [0.2, 0.25) is 0 Å². The van der Waals surface area contributed by atoms with Crippen molar-refractivity contribution < 1.29 is 9.90 Å². The number of nitrogens with zero attached hydrogens (tertiary/aromatic N) is 3. The average molecular weight is 265 g/mol. The van der Waals surface area contributed by atoms with Gasteiger partial charge in [-0.25, -0.2) is 9.78 Å². The van der Waals surface area contributed by atoms with Crippen LogP contribution in [0.15, 0.2) is 23.5 Å². The fourth-order valence-corrected chi connectivity index (χ4v) is 3.52. The van der Waals surface area contributed by atoms with Crippen LogP contribution in [0.5, 0.6) is 0 Å². The second-order valence-corrected chi connectivity index (χ2v) is 5.50. The summed E-state index contributed by atoms with van der Waals surface area (Å²) >= 11 is 2.93. The van der Waals surface area contributed by atoms with E-state index in [0.717, 1.165) is 20.3 Å². The molecule has 0 spiro atoms. The number of aromatic nitrogens is 2. The highest BCUT2D eigenvalue weighted by atomic mass is 32.2. The Hall–Kier alpha value is -1.47. The molecule has 2 aromatic rings. The van der Waals surface area contributed by atoms with E-state index < -0.39 is 12.0 Å². The van der Waals surface area contributed by atoms with Crippen LogP contribution in [-0.2, 0) is 4.79 Å². The number of rotatable bonds is 2. The molecular formula is C10H7N3O2S2. The lowest BCUT2D eigenvalue weighted by Gasteiger charge is -1.93. The van der Waals surface area contributed by atoms with Crippen LogP contribution in [0, 0.1) is 0 Å².